The van der Waals surface area contributed by atoms with Gasteiger partial charge in [-0.05, 0) is 55.2 Å². The minimum atomic E-state index is -1.18. The zero-order valence-electron chi connectivity index (χ0n) is 31.0. The van der Waals surface area contributed by atoms with Crippen molar-refractivity contribution in [3.8, 4) is 11.5 Å². The Bertz CT molecular complexity index is 2040. The lowest BCUT2D eigenvalue weighted by molar-refractivity contribution is -0.122. The van der Waals surface area contributed by atoms with Gasteiger partial charge in [-0.25, -0.2) is 4.98 Å². The highest BCUT2D eigenvalue weighted by molar-refractivity contribution is 5.92. The summed E-state index contributed by atoms with van der Waals surface area (Å²) in [6, 6.07) is 16.0. The molecule has 2 fully saturated rings. The number of anilines is 2. The Morgan fingerprint density at radius 2 is 1.65 bits per heavy atom. The number of benzene rings is 2. The lowest BCUT2D eigenvalue weighted by Crippen LogP contribution is -2.42. The van der Waals surface area contributed by atoms with E-state index in [4.69, 9.17) is 28.9 Å². The molecule has 0 radical (unpaired) electrons. The van der Waals surface area contributed by atoms with E-state index in [1.165, 1.54) is 0 Å². The molecule has 0 unspecified atom stereocenters. The molecule has 1 aliphatic carbocycles. The molecule has 7 rings (SSSR count). The maximum absolute atomic E-state index is 12.9. The van der Waals surface area contributed by atoms with Gasteiger partial charge in [0.25, 0.3) is 5.91 Å². The number of imidazole rings is 1. The summed E-state index contributed by atoms with van der Waals surface area (Å²) in [4.78, 5) is 41.8. The van der Waals surface area contributed by atoms with Crippen molar-refractivity contribution in [1.29, 1.82) is 0 Å². The lowest BCUT2D eigenvalue weighted by atomic mass is 9.91. The lowest BCUT2D eigenvalue weighted by Gasteiger charge is -2.22. The summed E-state index contributed by atoms with van der Waals surface area (Å²) in [5, 5.41) is 35.4. The molecule has 1 saturated heterocycles. The van der Waals surface area contributed by atoms with Gasteiger partial charge >= 0.3 is 0 Å². The Kier molecular flexibility index (Phi) is 12.1. The maximum atomic E-state index is 12.9. The average Bonchev–Trinajstić information content (AvgIpc) is 4.00. The van der Waals surface area contributed by atoms with E-state index in [9.17, 15) is 19.8 Å². The third-order valence-electron chi connectivity index (χ3n) is 10.3. The molecule has 5 atom stereocenters. The smallest absolute Gasteiger partial charge is 0.273 e. The number of carbonyl (C=O) groups excluding carboxylic acids is 2. The van der Waals surface area contributed by atoms with Crippen LogP contribution in [0.15, 0.2) is 65.4 Å². The van der Waals surface area contributed by atoms with Crippen LogP contribution in [-0.4, -0.2) is 105 Å². The van der Waals surface area contributed by atoms with E-state index < -0.39 is 24.3 Å². The zero-order chi connectivity index (χ0) is 37.9. The summed E-state index contributed by atoms with van der Waals surface area (Å²) in [6.07, 6.45) is 0.421. The number of carbonyl (C=O) groups is 2. The summed E-state index contributed by atoms with van der Waals surface area (Å²) >= 11 is 0. The van der Waals surface area contributed by atoms with Crippen molar-refractivity contribution in [2.75, 3.05) is 44.1 Å². The standard InChI is InChI=1S/C38H45N9O7.ClH/c1-5-31(48)42-28-17-30(34(50)33(28)49)47-20-40-32-35(39-18-27(22-6-10-25(52-3)11-7-22)23-8-12-26(53-4)13-9-23)43-38(44-36(32)47)46-15-14-24(19-46)41-37(51)29-16-21(2)54-45-29;/h6-13,16,20,24,27-28,30,33-34,49-50H,5,14-15,17-19H2,1-4H3,(H,41,51)(H,42,48)(H,39,43,44);1H/t24-,28+,30-,33-,34-;/m1./s1. The molecule has 1 aliphatic heterocycles. The van der Waals surface area contributed by atoms with Gasteiger partial charge in [0.15, 0.2) is 22.7 Å². The number of hydrogen-bond donors (Lipinski definition) is 5. The molecule has 292 valence electrons. The van der Waals surface area contributed by atoms with Gasteiger partial charge in [0.05, 0.1) is 32.6 Å². The van der Waals surface area contributed by atoms with Crippen LogP contribution >= 0.6 is 12.4 Å². The summed E-state index contributed by atoms with van der Waals surface area (Å²) in [5.74, 6) is 2.29. The quantitative estimate of drug-likeness (QED) is 0.117. The molecule has 3 aromatic heterocycles. The predicted octanol–water partition coefficient (Wildman–Crippen LogP) is 3.38. The highest BCUT2D eigenvalue weighted by Crippen LogP contribution is 2.36. The van der Waals surface area contributed by atoms with Crippen LogP contribution in [0.2, 0.25) is 0 Å². The van der Waals surface area contributed by atoms with Gasteiger partial charge in [-0.2, -0.15) is 9.97 Å². The minimum absolute atomic E-state index is 0. The van der Waals surface area contributed by atoms with Crippen molar-refractivity contribution < 1.29 is 33.8 Å². The normalized spacial score (nSPS) is 20.7. The Labute approximate surface area is 324 Å². The molecule has 2 amide bonds. The Morgan fingerprint density at radius 1 is 0.982 bits per heavy atom. The molecule has 5 N–H and O–H groups in total. The van der Waals surface area contributed by atoms with E-state index in [1.807, 2.05) is 53.4 Å². The summed E-state index contributed by atoms with van der Waals surface area (Å²) in [5.41, 5.74) is 3.25. The first-order chi connectivity index (χ1) is 26.1. The Morgan fingerprint density at radius 3 is 2.25 bits per heavy atom. The molecule has 5 aromatic rings. The molecule has 17 heteroatoms. The van der Waals surface area contributed by atoms with Crippen molar-refractivity contribution in [3.63, 3.8) is 0 Å². The molecular formula is C38H46ClN9O7. The monoisotopic (exact) mass is 775 g/mol. The van der Waals surface area contributed by atoms with Crippen LogP contribution in [0, 0.1) is 6.92 Å². The highest BCUT2D eigenvalue weighted by atomic mass is 35.5. The highest BCUT2D eigenvalue weighted by Gasteiger charge is 2.44. The number of aliphatic hydroxyl groups is 2. The van der Waals surface area contributed by atoms with Gasteiger partial charge < -0.3 is 49.6 Å². The number of nitrogens with one attached hydrogen (secondary N) is 3. The van der Waals surface area contributed by atoms with Gasteiger partial charge in [-0.1, -0.05) is 36.3 Å². The molecule has 2 aromatic carbocycles. The topological polar surface area (TPSA) is 202 Å². The molecule has 4 heterocycles. The second kappa shape index (κ2) is 16.9. The fourth-order valence-corrected chi connectivity index (χ4v) is 7.24. The maximum Gasteiger partial charge on any atom is 0.273 e. The fourth-order valence-electron chi connectivity index (χ4n) is 7.24. The van der Waals surface area contributed by atoms with Gasteiger partial charge in [0.1, 0.15) is 29.5 Å². The summed E-state index contributed by atoms with van der Waals surface area (Å²) in [6.45, 7) is 4.91. The van der Waals surface area contributed by atoms with E-state index in [0.29, 0.717) is 54.7 Å². The number of aliphatic hydroxyl groups excluding tert-OH is 2. The second-order valence-corrected chi connectivity index (χ2v) is 13.7. The van der Waals surface area contributed by atoms with Crippen molar-refractivity contribution >= 4 is 47.2 Å². The van der Waals surface area contributed by atoms with Crippen molar-refractivity contribution in [2.24, 2.45) is 0 Å². The zero-order valence-corrected chi connectivity index (χ0v) is 31.8. The minimum Gasteiger partial charge on any atom is -0.497 e. The van der Waals surface area contributed by atoms with Crippen LogP contribution in [-0.2, 0) is 4.79 Å². The Balaban J connectivity index is 0.00000514. The molecule has 0 bridgehead atoms. The van der Waals surface area contributed by atoms with Gasteiger partial charge in [-0.3, -0.25) is 9.59 Å². The first-order valence-corrected chi connectivity index (χ1v) is 18.1. The number of aryl methyl sites for hydroxylation is 1. The molecule has 2 aliphatic rings. The molecule has 55 heavy (non-hydrogen) atoms. The number of nitrogens with zero attached hydrogens (tertiary/aromatic N) is 6. The van der Waals surface area contributed by atoms with E-state index in [2.05, 4.69) is 21.1 Å². The van der Waals surface area contributed by atoms with E-state index in [0.717, 1.165) is 22.6 Å². The number of methoxy groups -OCH3 is 2. The van der Waals surface area contributed by atoms with Crippen LogP contribution < -0.4 is 30.3 Å². The second-order valence-electron chi connectivity index (χ2n) is 13.7. The molecule has 0 spiro atoms. The average molecular weight is 776 g/mol. The van der Waals surface area contributed by atoms with E-state index >= 15 is 0 Å². The summed E-state index contributed by atoms with van der Waals surface area (Å²) < 4.78 is 17.7. The van der Waals surface area contributed by atoms with Crippen LogP contribution in [0.4, 0.5) is 11.8 Å². The molecule has 1 saturated carbocycles. The predicted molar refractivity (Wildman–Crippen MR) is 206 cm³/mol. The third-order valence-corrected chi connectivity index (χ3v) is 10.3. The number of halogens is 1. The van der Waals surface area contributed by atoms with Crippen molar-refractivity contribution in [3.05, 3.63) is 83.5 Å². The number of fused-ring (bicyclic) bond motifs is 1. The SMILES string of the molecule is CCC(=O)N[C@H]1C[C@@H](n2cnc3c(NCC(c4ccc(OC)cc4)c4ccc(OC)cc4)nc(N4CC[C@@H](NC(=O)c5cc(C)on5)C4)nc32)[C@@H](O)[C@@H]1O.Cl. The largest absolute Gasteiger partial charge is 0.497 e. The van der Waals surface area contributed by atoms with Crippen LogP contribution in [0.3, 0.4) is 0 Å². The number of ether oxygens (including phenoxy) is 2. The van der Waals surface area contributed by atoms with Crippen molar-refractivity contribution in [1.82, 2.24) is 35.3 Å². The number of rotatable bonds is 13. The Hall–Kier alpha value is -5.45. The fraction of sp³-hybridized carbons (Fsp3) is 0.421. The van der Waals surface area contributed by atoms with Gasteiger partial charge in [-0.15, -0.1) is 12.4 Å². The number of amides is 2. The number of hydrogen-bond acceptors (Lipinski definition) is 13. The van der Waals surface area contributed by atoms with Gasteiger partial charge in [0, 0.05) is 44.1 Å². The van der Waals surface area contributed by atoms with E-state index in [-0.39, 0.29) is 54.7 Å². The summed E-state index contributed by atoms with van der Waals surface area (Å²) in [7, 11) is 3.27. The van der Waals surface area contributed by atoms with Crippen molar-refractivity contribution in [2.45, 2.75) is 69.4 Å². The first-order valence-electron chi connectivity index (χ1n) is 18.1. The third kappa shape index (κ3) is 8.30. The van der Waals surface area contributed by atoms with Crippen LogP contribution in [0.25, 0.3) is 11.2 Å². The molecule has 16 nitrogen and oxygen atoms in total. The molecular weight excluding hydrogens is 730 g/mol. The first kappa shape index (κ1) is 39.2. The van der Waals surface area contributed by atoms with Crippen LogP contribution in [0.1, 0.15) is 65.5 Å². The van der Waals surface area contributed by atoms with Gasteiger partial charge in [0.2, 0.25) is 11.9 Å². The van der Waals surface area contributed by atoms with E-state index in [1.54, 1.807) is 45.0 Å². The van der Waals surface area contributed by atoms with Crippen LogP contribution in [0.5, 0.6) is 11.5 Å². The number of aromatic nitrogens is 5.